The van der Waals surface area contributed by atoms with E-state index in [1.807, 2.05) is 5.38 Å². The Morgan fingerprint density at radius 1 is 1.36 bits per heavy atom. The second-order valence-electron chi connectivity index (χ2n) is 2.50. The van der Waals surface area contributed by atoms with Gasteiger partial charge in [-0.25, -0.2) is 4.98 Å². The molecule has 5 nitrogen and oxygen atoms in total. The van der Waals surface area contributed by atoms with Crippen LogP contribution in [0.3, 0.4) is 0 Å². The lowest BCUT2D eigenvalue weighted by Crippen LogP contribution is -1.91. The summed E-state index contributed by atoms with van der Waals surface area (Å²) in [4.78, 5) is 17.6. The van der Waals surface area contributed by atoms with Crippen LogP contribution in [0.4, 0.5) is 5.82 Å². The Balaban J connectivity index is 2.36. The van der Waals surface area contributed by atoms with Crippen molar-refractivity contribution in [2.24, 2.45) is 0 Å². The molecule has 2 rings (SSSR count). The van der Waals surface area contributed by atoms with E-state index in [0.29, 0.717) is 0 Å². The number of pyridine rings is 1. The van der Waals surface area contributed by atoms with E-state index < -0.39 is 4.92 Å². The van der Waals surface area contributed by atoms with Crippen LogP contribution in [-0.4, -0.2) is 14.9 Å². The van der Waals surface area contributed by atoms with E-state index in [1.165, 1.54) is 23.6 Å². The Hall–Kier alpha value is -1.82. The van der Waals surface area contributed by atoms with Gasteiger partial charge in [0, 0.05) is 17.6 Å². The van der Waals surface area contributed by atoms with E-state index in [-0.39, 0.29) is 5.82 Å². The molecule has 70 valence electrons. The minimum Gasteiger partial charge on any atom is -0.358 e. The van der Waals surface area contributed by atoms with Crippen molar-refractivity contribution in [1.29, 1.82) is 0 Å². The third kappa shape index (κ3) is 1.60. The maximum Gasteiger partial charge on any atom is 0.363 e. The van der Waals surface area contributed by atoms with Gasteiger partial charge in [0.1, 0.15) is 5.01 Å². The highest BCUT2D eigenvalue weighted by Gasteiger charge is 2.08. The summed E-state index contributed by atoms with van der Waals surface area (Å²) in [5, 5.41) is 13.0. The maximum atomic E-state index is 10.3. The van der Waals surface area contributed by atoms with E-state index in [1.54, 1.807) is 12.3 Å². The zero-order valence-electron chi connectivity index (χ0n) is 6.95. The fourth-order valence-electron chi connectivity index (χ4n) is 0.987. The largest absolute Gasteiger partial charge is 0.363 e. The van der Waals surface area contributed by atoms with Crippen LogP contribution in [0.1, 0.15) is 0 Å². The molecule has 0 aliphatic heterocycles. The first kappa shape index (κ1) is 8.76. The average molecular weight is 207 g/mol. The summed E-state index contributed by atoms with van der Waals surface area (Å²) in [6.45, 7) is 0. The molecule has 6 heteroatoms. The van der Waals surface area contributed by atoms with E-state index in [0.717, 1.165) is 10.6 Å². The third-order valence-electron chi connectivity index (χ3n) is 1.61. The zero-order chi connectivity index (χ0) is 9.97. The molecule has 2 heterocycles. The van der Waals surface area contributed by atoms with Crippen molar-refractivity contribution in [3.8, 4) is 10.6 Å². The van der Waals surface area contributed by atoms with Crippen molar-refractivity contribution in [2.45, 2.75) is 0 Å². The summed E-state index contributed by atoms with van der Waals surface area (Å²) in [7, 11) is 0. The van der Waals surface area contributed by atoms with Crippen molar-refractivity contribution in [3.63, 3.8) is 0 Å². The van der Waals surface area contributed by atoms with Crippen molar-refractivity contribution in [3.05, 3.63) is 40.0 Å². The van der Waals surface area contributed by atoms with Gasteiger partial charge < -0.3 is 10.1 Å². The van der Waals surface area contributed by atoms with E-state index in [9.17, 15) is 10.1 Å². The van der Waals surface area contributed by atoms with Gasteiger partial charge in [-0.1, -0.05) is 0 Å². The van der Waals surface area contributed by atoms with Gasteiger partial charge in [-0.05, 0) is 16.0 Å². The number of nitro groups is 1. The molecule has 14 heavy (non-hydrogen) atoms. The molecule has 0 fully saturated rings. The molecular formula is C8H5N3O2S. The van der Waals surface area contributed by atoms with Crippen molar-refractivity contribution < 1.29 is 4.92 Å². The molecule has 0 unspecified atom stereocenters. The number of aromatic nitrogens is 2. The van der Waals surface area contributed by atoms with Gasteiger partial charge >= 0.3 is 5.82 Å². The predicted octanol–water partition coefficient (Wildman–Crippen LogP) is 2.11. The summed E-state index contributed by atoms with van der Waals surface area (Å²) in [6.07, 6.45) is 3.14. The van der Waals surface area contributed by atoms with E-state index in [4.69, 9.17) is 0 Å². The topological polar surface area (TPSA) is 68.9 Å². The summed E-state index contributed by atoms with van der Waals surface area (Å²) >= 11 is 1.47. The number of hydrogen-bond acceptors (Lipinski definition) is 5. The van der Waals surface area contributed by atoms with Gasteiger partial charge in [-0.3, -0.25) is 0 Å². The molecule has 0 aliphatic rings. The molecule has 0 N–H and O–H groups in total. The van der Waals surface area contributed by atoms with Crippen LogP contribution < -0.4 is 0 Å². The van der Waals surface area contributed by atoms with Crippen LogP contribution >= 0.6 is 11.3 Å². The van der Waals surface area contributed by atoms with Gasteiger partial charge in [-0.2, -0.15) is 0 Å². The highest BCUT2D eigenvalue weighted by atomic mass is 32.1. The van der Waals surface area contributed by atoms with Crippen LogP contribution in [0.5, 0.6) is 0 Å². The summed E-state index contributed by atoms with van der Waals surface area (Å²) in [5.74, 6) is -0.148. The van der Waals surface area contributed by atoms with E-state index >= 15 is 0 Å². The molecule has 0 bridgehead atoms. The van der Waals surface area contributed by atoms with Crippen molar-refractivity contribution >= 4 is 17.2 Å². The van der Waals surface area contributed by atoms with Crippen LogP contribution in [0.15, 0.2) is 29.9 Å². The average Bonchev–Trinajstić information content (AvgIpc) is 2.71. The Bertz CT molecular complexity index is 438. The third-order valence-corrected chi connectivity index (χ3v) is 2.44. The zero-order valence-corrected chi connectivity index (χ0v) is 7.77. The minimum absolute atomic E-state index is 0.148. The Labute approximate surface area is 83.2 Å². The first-order chi connectivity index (χ1) is 6.77. The Morgan fingerprint density at radius 3 is 2.71 bits per heavy atom. The molecule has 0 radical (unpaired) electrons. The van der Waals surface area contributed by atoms with Gasteiger partial charge in [0.2, 0.25) is 0 Å². The smallest absolute Gasteiger partial charge is 0.358 e. The van der Waals surface area contributed by atoms with Crippen LogP contribution in [-0.2, 0) is 0 Å². The molecule has 2 aromatic rings. The van der Waals surface area contributed by atoms with Gasteiger partial charge in [0.05, 0.1) is 5.56 Å². The predicted molar refractivity (Wildman–Crippen MR) is 52.0 cm³/mol. The lowest BCUT2D eigenvalue weighted by molar-refractivity contribution is -0.389. The molecule has 0 aromatic carbocycles. The molecular weight excluding hydrogens is 202 g/mol. The van der Waals surface area contributed by atoms with Crippen molar-refractivity contribution in [1.82, 2.24) is 9.97 Å². The first-order valence-electron chi connectivity index (χ1n) is 3.77. The molecule has 0 saturated carbocycles. The summed E-state index contributed by atoms with van der Waals surface area (Å²) in [6, 6.07) is 3.01. The first-order valence-corrected chi connectivity index (χ1v) is 4.65. The molecule has 0 amide bonds. The van der Waals surface area contributed by atoms with Crippen LogP contribution in [0.25, 0.3) is 10.6 Å². The highest BCUT2D eigenvalue weighted by molar-refractivity contribution is 7.13. The summed E-state index contributed by atoms with van der Waals surface area (Å²) in [5.41, 5.74) is 0.797. The molecule has 0 spiro atoms. The SMILES string of the molecule is O=[N+]([O-])c1ccc(-c2nccs2)cn1. The second-order valence-corrected chi connectivity index (χ2v) is 3.39. The monoisotopic (exact) mass is 207 g/mol. The standard InChI is InChI=1S/C8H5N3O2S/c12-11(13)7-2-1-6(5-10-7)8-9-3-4-14-8/h1-5H. The molecule has 0 atom stereocenters. The fraction of sp³-hybridized carbons (Fsp3) is 0. The lowest BCUT2D eigenvalue weighted by Gasteiger charge is -1.93. The molecule has 2 aromatic heterocycles. The lowest BCUT2D eigenvalue weighted by atomic mass is 10.3. The minimum atomic E-state index is -0.522. The number of rotatable bonds is 2. The van der Waals surface area contributed by atoms with E-state index in [2.05, 4.69) is 9.97 Å². The summed E-state index contributed by atoms with van der Waals surface area (Å²) < 4.78 is 0. The fourth-order valence-corrected chi connectivity index (χ4v) is 1.62. The van der Waals surface area contributed by atoms with Gasteiger partial charge in [0.15, 0.2) is 6.20 Å². The van der Waals surface area contributed by atoms with Crippen LogP contribution in [0, 0.1) is 10.1 Å². The highest BCUT2D eigenvalue weighted by Crippen LogP contribution is 2.21. The Morgan fingerprint density at radius 2 is 2.21 bits per heavy atom. The quantitative estimate of drug-likeness (QED) is 0.558. The maximum absolute atomic E-state index is 10.3. The van der Waals surface area contributed by atoms with Crippen molar-refractivity contribution in [2.75, 3.05) is 0 Å². The second kappa shape index (κ2) is 3.51. The molecule has 0 saturated heterocycles. The molecule has 0 aliphatic carbocycles. The number of hydrogen-bond donors (Lipinski definition) is 0. The number of nitrogens with zero attached hydrogens (tertiary/aromatic N) is 3. The Kier molecular flexibility index (Phi) is 2.19. The van der Waals surface area contributed by atoms with Gasteiger partial charge in [-0.15, -0.1) is 11.3 Å². The van der Waals surface area contributed by atoms with Gasteiger partial charge in [0.25, 0.3) is 0 Å². The normalized spacial score (nSPS) is 10.0. The number of thiazole rings is 1. The van der Waals surface area contributed by atoms with Crippen LogP contribution in [0.2, 0.25) is 0 Å².